The lowest BCUT2D eigenvalue weighted by atomic mass is 9.96. The highest BCUT2D eigenvalue weighted by atomic mass is 16.6. The molecule has 0 spiro atoms. The van der Waals surface area contributed by atoms with Gasteiger partial charge in [-0.2, -0.15) is 0 Å². The number of benzene rings is 1. The van der Waals surface area contributed by atoms with E-state index >= 15 is 0 Å². The number of hydrogen-bond acceptors (Lipinski definition) is 6. The first-order chi connectivity index (χ1) is 11.4. The smallest absolute Gasteiger partial charge is 0.269 e. The molecule has 1 aromatic heterocycles. The Morgan fingerprint density at radius 3 is 2.62 bits per heavy atom. The van der Waals surface area contributed by atoms with Crippen LogP contribution >= 0.6 is 0 Å². The van der Waals surface area contributed by atoms with Crippen LogP contribution in [0.1, 0.15) is 19.0 Å². The van der Waals surface area contributed by atoms with Gasteiger partial charge in [-0.3, -0.25) is 10.1 Å². The van der Waals surface area contributed by atoms with Crippen LogP contribution in [0.3, 0.4) is 0 Å². The second-order valence-corrected chi connectivity index (χ2v) is 6.27. The number of rotatable bonds is 3. The minimum absolute atomic E-state index is 0.0415. The van der Waals surface area contributed by atoms with Crippen molar-refractivity contribution in [3.63, 3.8) is 0 Å². The van der Waals surface area contributed by atoms with Crippen LogP contribution in [-0.2, 0) is 0 Å². The van der Waals surface area contributed by atoms with E-state index in [0.29, 0.717) is 18.3 Å². The number of aliphatic hydroxyl groups is 1. The third kappa shape index (κ3) is 3.35. The number of aryl methyl sites for hydroxylation is 1. The molecule has 0 radical (unpaired) electrons. The molecular formula is C17H20N4O3. The predicted octanol–water partition coefficient (Wildman–Crippen LogP) is 2.57. The first kappa shape index (κ1) is 16.3. The minimum Gasteiger partial charge on any atom is -0.391 e. The van der Waals surface area contributed by atoms with Crippen molar-refractivity contribution in [2.75, 3.05) is 18.0 Å². The van der Waals surface area contributed by atoms with Crippen LogP contribution in [0, 0.1) is 23.0 Å². The largest absolute Gasteiger partial charge is 0.391 e. The van der Waals surface area contributed by atoms with Crippen LogP contribution < -0.4 is 4.90 Å². The molecule has 126 valence electrons. The van der Waals surface area contributed by atoms with Crippen LogP contribution in [0.2, 0.25) is 0 Å². The highest BCUT2D eigenvalue weighted by molar-refractivity contribution is 5.60. The third-order valence-electron chi connectivity index (χ3n) is 4.42. The quantitative estimate of drug-likeness (QED) is 0.687. The molecule has 0 amide bonds. The summed E-state index contributed by atoms with van der Waals surface area (Å²) in [6.07, 6.45) is 0.550. The molecule has 1 saturated heterocycles. The maximum absolute atomic E-state index is 10.8. The van der Waals surface area contributed by atoms with E-state index in [1.807, 2.05) is 13.0 Å². The van der Waals surface area contributed by atoms with Crippen LogP contribution in [0.15, 0.2) is 30.3 Å². The SMILES string of the molecule is Cc1cc(N2CCC(C)C(O)C2)nc(-c2ccc([N+](=O)[O-])cc2)n1. The molecule has 24 heavy (non-hydrogen) atoms. The monoisotopic (exact) mass is 328 g/mol. The second-order valence-electron chi connectivity index (χ2n) is 6.27. The van der Waals surface area contributed by atoms with Crippen LogP contribution in [0.25, 0.3) is 11.4 Å². The topological polar surface area (TPSA) is 92.4 Å². The summed E-state index contributed by atoms with van der Waals surface area (Å²) >= 11 is 0. The molecule has 2 aromatic rings. The van der Waals surface area contributed by atoms with Gasteiger partial charge in [0, 0.05) is 42.5 Å². The van der Waals surface area contributed by atoms with Crippen molar-refractivity contribution in [2.45, 2.75) is 26.4 Å². The van der Waals surface area contributed by atoms with Crippen molar-refractivity contribution in [1.82, 2.24) is 9.97 Å². The van der Waals surface area contributed by atoms with Crippen molar-refractivity contribution in [2.24, 2.45) is 5.92 Å². The lowest BCUT2D eigenvalue weighted by Gasteiger charge is -2.35. The van der Waals surface area contributed by atoms with E-state index < -0.39 is 4.92 Å². The average molecular weight is 328 g/mol. The second kappa shape index (κ2) is 6.52. The zero-order valence-corrected chi connectivity index (χ0v) is 13.7. The number of non-ortho nitro benzene ring substituents is 1. The van der Waals surface area contributed by atoms with Gasteiger partial charge in [-0.25, -0.2) is 9.97 Å². The Morgan fingerprint density at radius 2 is 2.00 bits per heavy atom. The van der Waals surface area contributed by atoms with Gasteiger partial charge in [0.25, 0.3) is 5.69 Å². The van der Waals surface area contributed by atoms with E-state index in [1.54, 1.807) is 12.1 Å². The zero-order valence-electron chi connectivity index (χ0n) is 13.7. The Hall–Kier alpha value is -2.54. The van der Waals surface area contributed by atoms with E-state index in [2.05, 4.69) is 21.8 Å². The Balaban J connectivity index is 1.90. The molecule has 2 unspecified atom stereocenters. The number of nitro benzene ring substituents is 1. The summed E-state index contributed by atoms with van der Waals surface area (Å²) < 4.78 is 0. The van der Waals surface area contributed by atoms with E-state index in [1.165, 1.54) is 12.1 Å². The summed E-state index contributed by atoms with van der Waals surface area (Å²) in [5, 5.41) is 20.9. The summed E-state index contributed by atoms with van der Waals surface area (Å²) in [7, 11) is 0. The van der Waals surface area contributed by atoms with E-state index in [-0.39, 0.29) is 11.8 Å². The van der Waals surface area contributed by atoms with Crippen molar-refractivity contribution in [1.29, 1.82) is 0 Å². The van der Waals surface area contributed by atoms with Gasteiger partial charge in [0.1, 0.15) is 5.82 Å². The maximum atomic E-state index is 10.8. The normalized spacial score (nSPS) is 20.9. The number of nitro groups is 1. The summed E-state index contributed by atoms with van der Waals surface area (Å²) in [6, 6.07) is 8.12. The van der Waals surface area contributed by atoms with Gasteiger partial charge in [-0.15, -0.1) is 0 Å². The van der Waals surface area contributed by atoms with Gasteiger partial charge in [0.2, 0.25) is 0 Å². The molecule has 1 N–H and O–H groups in total. The molecule has 3 rings (SSSR count). The van der Waals surface area contributed by atoms with Crippen molar-refractivity contribution in [3.8, 4) is 11.4 Å². The number of anilines is 1. The number of piperidine rings is 1. The number of aromatic nitrogens is 2. The predicted molar refractivity (Wildman–Crippen MR) is 90.9 cm³/mol. The van der Waals surface area contributed by atoms with Gasteiger partial charge in [0.05, 0.1) is 11.0 Å². The summed E-state index contributed by atoms with van der Waals surface area (Å²) in [5.74, 6) is 1.60. The van der Waals surface area contributed by atoms with E-state index in [4.69, 9.17) is 0 Å². The highest BCUT2D eigenvalue weighted by Gasteiger charge is 2.25. The fourth-order valence-corrected chi connectivity index (χ4v) is 2.83. The average Bonchev–Trinajstić information content (AvgIpc) is 2.57. The van der Waals surface area contributed by atoms with Gasteiger partial charge < -0.3 is 10.0 Å². The standard InChI is InChI=1S/C17H20N4O3/c1-11-7-8-20(10-15(11)22)16-9-12(2)18-17(19-16)13-3-5-14(6-4-13)21(23)24/h3-6,9,11,15,22H,7-8,10H2,1-2H3. The first-order valence-electron chi connectivity index (χ1n) is 7.97. The summed E-state index contributed by atoms with van der Waals surface area (Å²) in [5.41, 5.74) is 1.60. The lowest BCUT2D eigenvalue weighted by Crippen LogP contribution is -2.43. The maximum Gasteiger partial charge on any atom is 0.269 e. The van der Waals surface area contributed by atoms with E-state index in [9.17, 15) is 15.2 Å². The minimum atomic E-state index is -0.428. The van der Waals surface area contributed by atoms with Crippen molar-refractivity contribution in [3.05, 3.63) is 46.1 Å². The molecule has 1 aromatic carbocycles. The molecule has 0 aliphatic carbocycles. The van der Waals surface area contributed by atoms with Gasteiger partial charge >= 0.3 is 0 Å². The Morgan fingerprint density at radius 1 is 1.29 bits per heavy atom. The van der Waals surface area contributed by atoms with E-state index in [0.717, 1.165) is 30.0 Å². The van der Waals surface area contributed by atoms with Gasteiger partial charge in [-0.05, 0) is 31.4 Å². The molecule has 0 bridgehead atoms. The molecule has 1 fully saturated rings. The first-order valence-corrected chi connectivity index (χ1v) is 7.97. The third-order valence-corrected chi connectivity index (χ3v) is 4.42. The molecular weight excluding hydrogens is 308 g/mol. The summed E-state index contributed by atoms with van der Waals surface area (Å²) in [6.45, 7) is 5.34. The molecule has 7 heteroatoms. The Kier molecular flexibility index (Phi) is 4.44. The Bertz CT molecular complexity index is 748. The van der Waals surface area contributed by atoms with Crippen molar-refractivity contribution < 1.29 is 10.0 Å². The zero-order chi connectivity index (χ0) is 17.3. The number of hydrogen-bond donors (Lipinski definition) is 1. The van der Waals surface area contributed by atoms with Crippen LogP contribution in [0.5, 0.6) is 0 Å². The molecule has 2 heterocycles. The Labute approximate surface area is 140 Å². The number of aliphatic hydroxyl groups excluding tert-OH is 1. The number of nitrogens with zero attached hydrogens (tertiary/aromatic N) is 4. The fourth-order valence-electron chi connectivity index (χ4n) is 2.83. The lowest BCUT2D eigenvalue weighted by molar-refractivity contribution is -0.384. The molecule has 0 saturated carbocycles. The van der Waals surface area contributed by atoms with Crippen LogP contribution in [-0.4, -0.2) is 39.2 Å². The summed E-state index contributed by atoms with van der Waals surface area (Å²) in [4.78, 5) is 21.4. The van der Waals surface area contributed by atoms with Gasteiger partial charge in [0.15, 0.2) is 5.82 Å². The van der Waals surface area contributed by atoms with Crippen molar-refractivity contribution >= 4 is 11.5 Å². The van der Waals surface area contributed by atoms with Crippen LogP contribution in [0.4, 0.5) is 11.5 Å². The highest BCUT2D eigenvalue weighted by Crippen LogP contribution is 2.25. The molecule has 1 aliphatic rings. The van der Waals surface area contributed by atoms with Gasteiger partial charge in [-0.1, -0.05) is 6.92 Å². The molecule has 1 aliphatic heterocycles. The number of β-amino-alcohol motifs (C(OH)–C–C–N with tert-alkyl or cyclic N) is 1. The molecule has 2 atom stereocenters. The molecule has 7 nitrogen and oxygen atoms in total. The fraction of sp³-hybridized carbons (Fsp3) is 0.412.